The van der Waals surface area contributed by atoms with E-state index in [1.54, 1.807) is 41.8 Å². The molecule has 3 aliphatic rings. The quantitative estimate of drug-likeness (QED) is 0.139. The Balaban J connectivity index is 0.000000248. The Morgan fingerprint density at radius 3 is 1.03 bits per heavy atom. The fourth-order valence-electron chi connectivity index (χ4n) is 9.29. The van der Waals surface area contributed by atoms with Crippen molar-refractivity contribution < 1.29 is 37.4 Å². The molecule has 2 N–H and O–H groups in total. The molecular formula is C95H57BrF2N10O7S2. The van der Waals surface area contributed by atoms with E-state index in [9.17, 15) is 32.8 Å². The Hall–Kier alpha value is -16.6. The number of piperazine rings is 2. The summed E-state index contributed by atoms with van der Waals surface area (Å²) in [6.07, 6.45) is 1.21. The number of anilines is 4. The number of imidazole rings is 1. The van der Waals surface area contributed by atoms with Crippen molar-refractivity contribution in [2.45, 2.75) is 71.6 Å². The zero-order valence-electron chi connectivity index (χ0n) is 63.4. The van der Waals surface area contributed by atoms with Crippen LogP contribution >= 0.6 is 38.6 Å². The van der Waals surface area contributed by atoms with Gasteiger partial charge in [-0.25, -0.2) is 37.7 Å². The average Bonchev–Trinajstić information content (AvgIpc) is 1.59. The number of halogens is 3. The van der Waals surface area contributed by atoms with Crippen LogP contribution in [0.1, 0.15) is 81.4 Å². The van der Waals surface area contributed by atoms with Crippen LogP contribution in [0.15, 0.2) is 351 Å². The average molecular weight is 1630 g/mol. The number of benzene rings is 3. The Morgan fingerprint density at radius 2 is 0.735 bits per heavy atom. The molecule has 2 saturated heterocycles. The summed E-state index contributed by atoms with van der Waals surface area (Å²) in [5, 5.41) is 9.16. The molecule has 3 aromatic carbocycles. The first-order chi connectivity index (χ1) is 56.6. The van der Waals surface area contributed by atoms with Crippen LogP contribution in [-0.4, -0.2) is 116 Å². The molecule has 5 heterocycles. The summed E-state index contributed by atoms with van der Waals surface area (Å²) in [5.74, 6) is -1.86. The van der Waals surface area contributed by atoms with Crippen LogP contribution in [0.4, 0.5) is 41.1 Å². The Kier molecular flexibility index (Phi) is 35.6. The van der Waals surface area contributed by atoms with Gasteiger partial charge in [0.25, 0.3) is 11.8 Å². The van der Waals surface area contributed by atoms with Gasteiger partial charge in [0.15, 0.2) is 9.05 Å². The number of nitrogens with zero attached hydrogens (tertiary/aromatic N) is 8. The second kappa shape index (κ2) is 47.5. The second-order valence-corrected chi connectivity index (χ2v) is 27.5. The predicted octanol–water partition coefficient (Wildman–Crippen LogP) is 17.2. The minimum absolute atomic E-state index is 0.130. The van der Waals surface area contributed by atoms with Crippen molar-refractivity contribution >= 4 is 96.4 Å². The lowest BCUT2D eigenvalue weighted by Gasteiger charge is -2.37. The number of amides is 4. The topological polar surface area (TPSA) is 176 Å². The summed E-state index contributed by atoms with van der Waals surface area (Å²) in [4.78, 5) is 79.6. The fourth-order valence-corrected chi connectivity index (χ4v) is 11.1. The predicted molar refractivity (Wildman–Crippen MR) is 439 cm³/mol. The molecule has 117 heavy (non-hydrogen) atoms. The number of para-hydroxylation sites is 2. The van der Waals surface area contributed by atoms with Crippen LogP contribution in [0, 0.1) is 11.6 Å². The Bertz CT molecular complexity index is 6800. The van der Waals surface area contributed by atoms with E-state index in [4.69, 9.17) is 9.47 Å². The van der Waals surface area contributed by atoms with Crippen molar-refractivity contribution in [3.63, 3.8) is 0 Å². The van der Waals surface area contributed by atoms with E-state index in [0.717, 1.165) is 23.9 Å². The van der Waals surface area contributed by atoms with Crippen LogP contribution in [0.5, 0.6) is 0 Å². The summed E-state index contributed by atoms with van der Waals surface area (Å²) < 4.78 is 43.0. The molecule has 3 aromatic heterocycles. The number of ether oxygens (including phenoxy) is 2. The van der Waals surface area contributed by atoms with Crippen LogP contribution in [0.2, 0.25) is 0 Å². The third-order valence-corrected chi connectivity index (χ3v) is 16.3. The van der Waals surface area contributed by atoms with Crippen molar-refractivity contribution in [3.05, 3.63) is 380 Å². The fraction of sp³-hybridized carbons (Fsp3) is 0.200. The van der Waals surface area contributed by atoms with Crippen molar-refractivity contribution in [3.8, 4) is 5.13 Å². The molecule has 9 rings (SSSR count). The smallest absolute Gasteiger partial charge is 0.410 e. The highest BCUT2D eigenvalue weighted by Crippen LogP contribution is 2.37. The van der Waals surface area contributed by atoms with Crippen LogP contribution in [0.25, 0.3) is 16.2 Å². The first kappa shape index (κ1) is 87.7. The standard InChI is InChI=1S/C47H4.C29H31FN6O4S.C19H22BrFN4O3S/c1-3-5-7-9-11-13-15-17-19-21-23-25-27-29-31-33-35-37-39-41-43-45-47-46-44-42-40-38-36-34-32-30-28-26-24-22-20-18-16-14-12-10-8-6-4-2;1-29(2,3)40-28(39)34-14-12-33(13-15-34)22-11-8-18(30)16-20(22)31-25(37)21-17-41-26(32-21)36-24-7-5-4-6-23(24)35(27(36)38)19-9-10-19;1-19(2,3)28-18(27)25-8-6-24(7-9-25)15-5-4-12(21)10-13(15)22-16(26)14-11-29-17(20)23-14/h1-2H2;4-8,11,16-17,19H,9-10,12-15H2,1-3H3,(H,31,37);4-5,10-11H,6-9H2,1-3H3,(H,22,26). The molecule has 2 aliphatic heterocycles. The molecule has 4 amide bonds. The van der Waals surface area contributed by atoms with E-state index in [1.807, 2.05) is 75.6 Å². The van der Waals surface area contributed by atoms with Crippen molar-refractivity contribution in [1.82, 2.24) is 28.9 Å². The van der Waals surface area contributed by atoms with E-state index in [-0.39, 0.29) is 35.3 Å². The second-order valence-electron chi connectivity index (χ2n) is 24.6. The molecular weight excluding hydrogens is 1580 g/mol. The molecule has 0 spiro atoms. The number of carbonyl (C=O) groups is 4. The molecule has 0 atom stereocenters. The molecule has 17 nitrogen and oxygen atoms in total. The zero-order chi connectivity index (χ0) is 83.9. The summed E-state index contributed by atoms with van der Waals surface area (Å²) in [7, 11) is 0. The van der Waals surface area contributed by atoms with Crippen LogP contribution < -0.4 is 26.1 Å². The first-order valence-electron chi connectivity index (χ1n) is 34.4. The van der Waals surface area contributed by atoms with Gasteiger partial charge in [0.2, 0.25) is 0 Å². The molecule has 3 fully saturated rings. The number of carbonyl (C=O) groups excluding carboxylic acids is 4. The van der Waals surface area contributed by atoms with Gasteiger partial charge in [-0.3, -0.25) is 14.2 Å². The van der Waals surface area contributed by atoms with Gasteiger partial charge < -0.3 is 39.7 Å². The maximum absolute atomic E-state index is 14.3. The van der Waals surface area contributed by atoms with Gasteiger partial charge in [-0.1, -0.05) is 23.6 Å². The lowest BCUT2D eigenvalue weighted by Crippen LogP contribution is -2.50. The normalized spacial score (nSPS) is 10.7. The van der Waals surface area contributed by atoms with Gasteiger partial charge in [0.1, 0.15) is 34.2 Å². The van der Waals surface area contributed by atoms with E-state index in [2.05, 4.69) is 308 Å². The van der Waals surface area contributed by atoms with Gasteiger partial charge in [-0.2, -0.15) is 0 Å². The monoisotopic (exact) mass is 1630 g/mol. The molecule has 0 bridgehead atoms. The number of nitrogens with one attached hydrogen (secondary N) is 2. The molecule has 1 saturated carbocycles. The lowest BCUT2D eigenvalue weighted by atomic mass is 10.2. The molecule has 1 aliphatic carbocycles. The van der Waals surface area contributed by atoms with Crippen LogP contribution in [-0.2, 0) is 9.47 Å². The summed E-state index contributed by atoms with van der Waals surface area (Å²) in [6.45, 7) is 21.4. The maximum atomic E-state index is 14.3. The minimum atomic E-state index is -0.583. The van der Waals surface area contributed by atoms with Crippen LogP contribution in [0.3, 0.4) is 0 Å². The highest BCUT2D eigenvalue weighted by molar-refractivity contribution is 9.11. The molecule has 0 unspecified atom stereocenters. The summed E-state index contributed by atoms with van der Waals surface area (Å²) in [6, 6.07) is 16.3. The summed E-state index contributed by atoms with van der Waals surface area (Å²) >= 11 is 5.72. The maximum Gasteiger partial charge on any atom is 0.410 e. The van der Waals surface area contributed by atoms with Gasteiger partial charge in [-0.15, -0.1) is 22.7 Å². The van der Waals surface area contributed by atoms with Gasteiger partial charge in [0, 0.05) is 224 Å². The first-order valence-corrected chi connectivity index (χ1v) is 36.9. The molecule has 0 radical (unpaired) electrons. The molecule has 22 heteroatoms. The SMILES string of the molecule is C=C=C=C=C=C=C=C=C=C=C=C=C=C=C=C=C=C=C=C=C=C=C=C=C=C=C=C=C=C=C=C=C=C=C=C=C=C=C=C=C=C=C=C=C=C=C.CC(C)(C)OC(=O)N1CCN(c2ccc(F)cc2NC(=O)c2csc(-n3c(=O)n(C4CC4)c4ccccc43)n2)CC1.CC(C)(C)OC(=O)N1CCN(c2ccc(F)cc2NC(=O)c2csc(Br)n2)CC1. The Morgan fingerprint density at radius 1 is 0.436 bits per heavy atom. The van der Waals surface area contributed by atoms with Gasteiger partial charge in [-0.05, 0) is 224 Å². The zero-order valence-corrected chi connectivity index (χ0v) is 66.6. The third kappa shape index (κ3) is 32.1. The highest BCUT2D eigenvalue weighted by atomic mass is 79.9. The molecule has 6 aromatic rings. The number of fused-ring (bicyclic) bond motifs is 1. The van der Waals surface area contributed by atoms with E-state index in [0.29, 0.717) is 84.2 Å². The van der Waals surface area contributed by atoms with Crippen molar-refractivity contribution in [2.24, 2.45) is 0 Å². The summed E-state index contributed by atoms with van der Waals surface area (Å²) in [5.41, 5.74) is 115. The van der Waals surface area contributed by atoms with Crippen molar-refractivity contribution in [1.29, 1.82) is 0 Å². The van der Waals surface area contributed by atoms with Crippen molar-refractivity contribution in [2.75, 3.05) is 72.8 Å². The van der Waals surface area contributed by atoms with E-state index >= 15 is 0 Å². The van der Waals surface area contributed by atoms with Gasteiger partial charge >= 0.3 is 17.9 Å². The number of hydrogen-bond donors (Lipinski definition) is 2. The minimum Gasteiger partial charge on any atom is -0.444 e. The Labute approximate surface area is 687 Å². The molecule has 562 valence electrons. The van der Waals surface area contributed by atoms with E-state index in [1.165, 1.54) is 46.9 Å². The lowest BCUT2D eigenvalue weighted by molar-refractivity contribution is 0.0230. The highest BCUT2D eigenvalue weighted by Gasteiger charge is 2.32. The number of rotatable bonds is 8. The number of thiazole rings is 2. The third-order valence-electron chi connectivity index (χ3n) is 14.1. The number of hydrogen-bond acceptors (Lipinski definition) is 13. The largest absolute Gasteiger partial charge is 0.444 e. The van der Waals surface area contributed by atoms with E-state index < -0.39 is 34.7 Å². The number of aromatic nitrogens is 4. The van der Waals surface area contributed by atoms with Gasteiger partial charge in [0.05, 0.1) is 33.8 Å².